The largest absolute Gasteiger partial charge is 0.497 e. The second-order valence-corrected chi connectivity index (χ2v) is 6.48. The standard InChI is InChI=1S/C17H14Cl2O/c1-20-9-6-7-12-13(8-9)15-11-5-3-2-4-10(11)14(12)16(18)17(15)19/h2-8,14-17H,1H3/t14-,15+,16+,17-/m1/s1. The molecule has 20 heavy (non-hydrogen) atoms. The summed E-state index contributed by atoms with van der Waals surface area (Å²) in [6.07, 6.45) is 0. The molecule has 0 radical (unpaired) electrons. The lowest BCUT2D eigenvalue weighted by atomic mass is 9.63. The van der Waals surface area contributed by atoms with Gasteiger partial charge in [-0.3, -0.25) is 0 Å². The van der Waals surface area contributed by atoms with Crippen molar-refractivity contribution in [2.75, 3.05) is 7.11 Å². The number of hydrogen-bond donors (Lipinski definition) is 0. The molecule has 0 unspecified atom stereocenters. The van der Waals surface area contributed by atoms with Gasteiger partial charge in [0.15, 0.2) is 0 Å². The molecule has 0 N–H and O–H groups in total. The molecule has 2 aromatic carbocycles. The fraction of sp³-hybridized carbons (Fsp3) is 0.294. The summed E-state index contributed by atoms with van der Waals surface area (Å²) < 4.78 is 5.36. The molecule has 5 rings (SSSR count). The van der Waals surface area contributed by atoms with E-state index in [1.165, 1.54) is 22.3 Å². The van der Waals surface area contributed by atoms with E-state index in [1.54, 1.807) is 7.11 Å². The van der Waals surface area contributed by atoms with Crippen LogP contribution in [0.3, 0.4) is 0 Å². The molecule has 2 bridgehead atoms. The summed E-state index contributed by atoms with van der Waals surface area (Å²) in [6, 6.07) is 14.8. The Morgan fingerprint density at radius 2 is 1.35 bits per heavy atom. The maximum absolute atomic E-state index is 6.64. The monoisotopic (exact) mass is 304 g/mol. The normalized spacial score (nSPS) is 29.8. The van der Waals surface area contributed by atoms with Crippen molar-refractivity contribution in [3.63, 3.8) is 0 Å². The third-order valence-corrected chi connectivity index (χ3v) is 5.75. The predicted molar refractivity (Wildman–Crippen MR) is 82.4 cm³/mol. The highest BCUT2D eigenvalue weighted by molar-refractivity contribution is 6.31. The van der Waals surface area contributed by atoms with Crippen molar-refractivity contribution in [2.45, 2.75) is 22.6 Å². The Kier molecular flexibility index (Phi) is 2.77. The second-order valence-electron chi connectivity index (χ2n) is 5.47. The molecule has 0 saturated heterocycles. The van der Waals surface area contributed by atoms with E-state index < -0.39 is 0 Å². The van der Waals surface area contributed by atoms with E-state index in [-0.39, 0.29) is 22.6 Å². The van der Waals surface area contributed by atoms with Crippen LogP contribution in [0.15, 0.2) is 42.5 Å². The maximum atomic E-state index is 6.64. The van der Waals surface area contributed by atoms with Gasteiger partial charge in [-0.25, -0.2) is 0 Å². The van der Waals surface area contributed by atoms with Crippen molar-refractivity contribution >= 4 is 23.2 Å². The van der Waals surface area contributed by atoms with E-state index in [2.05, 4.69) is 36.4 Å². The lowest BCUT2D eigenvalue weighted by Crippen LogP contribution is -2.41. The van der Waals surface area contributed by atoms with Gasteiger partial charge in [-0.15, -0.1) is 23.2 Å². The van der Waals surface area contributed by atoms with E-state index in [4.69, 9.17) is 27.9 Å². The molecule has 0 fully saturated rings. The van der Waals surface area contributed by atoms with Gasteiger partial charge in [-0.2, -0.15) is 0 Å². The average Bonchev–Trinajstić information content (AvgIpc) is 2.49. The highest BCUT2D eigenvalue weighted by Crippen LogP contribution is 2.56. The smallest absolute Gasteiger partial charge is 0.119 e. The number of ether oxygens (including phenoxy) is 1. The lowest BCUT2D eigenvalue weighted by Gasteiger charge is -2.46. The van der Waals surface area contributed by atoms with Crippen LogP contribution >= 0.6 is 23.2 Å². The van der Waals surface area contributed by atoms with E-state index in [0.29, 0.717) is 0 Å². The number of benzene rings is 2. The summed E-state index contributed by atoms with van der Waals surface area (Å²) >= 11 is 13.3. The van der Waals surface area contributed by atoms with Crippen molar-refractivity contribution in [1.82, 2.24) is 0 Å². The zero-order valence-electron chi connectivity index (χ0n) is 11.0. The Labute approximate surface area is 128 Å². The van der Waals surface area contributed by atoms with Gasteiger partial charge in [0.05, 0.1) is 17.9 Å². The highest BCUT2D eigenvalue weighted by Gasteiger charge is 2.48. The SMILES string of the molecule is COc1ccc2c(c1)[C@@H]1c3ccccc3[C@H]2[C@H](Cl)[C@@H]1Cl. The molecule has 3 aliphatic rings. The van der Waals surface area contributed by atoms with Crippen LogP contribution in [0.25, 0.3) is 0 Å². The Hall–Kier alpha value is -1.18. The summed E-state index contributed by atoms with van der Waals surface area (Å²) in [4.78, 5) is 0. The molecule has 1 nitrogen and oxygen atoms in total. The summed E-state index contributed by atoms with van der Waals surface area (Å²) in [5.41, 5.74) is 5.21. The zero-order chi connectivity index (χ0) is 13.9. The van der Waals surface area contributed by atoms with Gasteiger partial charge in [0, 0.05) is 11.8 Å². The van der Waals surface area contributed by atoms with E-state index in [9.17, 15) is 0 Å². The number of hydrogen-bond acceptors (Lipinski definition) is 1. The van der Waals surface area contributed by atoms with Crippen LogP contribution in [0, 0.1) is 0 Å². The Bertz CT molecular complexity index is 682. The predicted octanol–water partition coefficient (Wildman–Crippen LogP) is 4.50. The summed E-state index contributed by atoms with van der Waals surface area (Å²) in [6.45, 7) is 0. The first-order chi connectivity index (χ1) is 9.72. The number of halogens is 2. The molecular weight excluding hydrogens is 291 g/mol. The second kappa shape index (κ2) is 4.41. The molecule has 4 atom stereocenters. The molecule has 0 spiro atoms. The summed E-state index contributed by atoms with van der Waals surface area (Å²) in [5, 5.41) is -0.131. The fourth-order valence-electron chi connectivity index (χ4n) is 3.70. The van der Waals surface area contributed by atoms with Crippen molar-refractivity contribution < 1.29 is 4.74 Å². The minimum Gasteiger partial charge on any atom is -0.497 e. The molecule has 3 aliphatic carbocycles. The molecule has 0 amide bonds. The van der Waals surface area contributed by atoms with Gasteiger partial charge in [-0.1, -0.05) is 30.3 Å². The summed E-state index contributed by atoms with van der Waals surface area (Å²) in [7, 11) is 1.69. The van der Waals surface area contributed by atoms with E-state index in [1.807, 2.05) is 6.07 Å². The molecule has 0 aliphatic heterocycles. The van der Waals surface area contributed by atoms with Gasteiger partial charge in [0.1, 0.15) is 5.75 Å². The van der Waals surface area contributed by atoms with Crippen LogP contribution in [0.2, 0.25) is 0 Å². The minimum atomic E-state index is -0.0730. The summed E-state index contributed by atoms with van der Waals surface area (Å²) in [5.74, 6) is 1.22. The molecule has 0 aromatic heterocycles. The van der Waals surface area contributed by atoms with Crippen molar-refractivity contribution in [3.8, 4) is 5.75 Å². The molecule has 2 aromatic rings. The maximum Gasteiger partial charge on any atom is 0.119 e. The van der Waals surface area contributed by atoms with Gasteiger partial charge in [0.25, 0.3) is 0 Å². The van der Waals surface area contributed by atoms with Crippen molar-refractivity contribution in [1.29, 1.82) is 0 Å². The van der Waals surface area contributed by atoms with Gasteiger partial charge in [-0.05, 0) is 34.4 Å². The first kappa shape index (κ1) is 12.6. The highest BCUT2D eigenvalue weighted by atomic mass is 35.5. The van der Waals surface area contributed by atoms with E-state index >= 15 is 0 Å². The van der Waals surface area contributed by atoms with Crippen molar-refractivity contribution in [2.24, 2.45) is 0 Å². The van der Waals surface area contributed by atoms with Crippen LogP contribution in [0.4, 0.5) is 0 Å². The number of fused-ring (bicyclic) bond motifs is 1. The van der Waals surface area contributed by atoms with Crippen LogP contribution in [-0.4, -0.2) is 17.9 Å². The van der Waals surface area contributed by atoms with Gasteiger partial charge >= 0.3 is 0 Å². The van der Waals surface area contributed by atoms with E-state index in [0.717, 1.165) is 5.75 Å². The Morgan fingerprint density at radius 3 is 1.95 bits per heavy atom. The fourth-order valence-corrected chi connectivity index (χ4v) is 4.53. The topological polar surface area (TPSA) is 9.23 Å². The minimum absolute atomic E-state index is 0.0579. The number of methoxy groups -OCH3 is 1. The molecule has 3 heteroatoms. The van der Waals surface area contributed by atoms with Gasteiger partial charge < -0.3 is 4.74 Å². The first-order valence-electron chi connectivity index (χ1n) is 6.77. The van der Waals surface area contributed by atoms with Gasteiger partial charge in [0.2, 0.25) is 0 Å². The Balaban J connectivity index is 2.00. The third-order valence-electron chi connectivity index (χ3n) is 4.57. The van der Waals surface area contributed by atoms with Crippen LogP contribution in [0.5, 0.6) is 5.75 Å². The molecular formula is C17H14Cl2O. The van der Waals surface area contributed by atoms with Crippen LogP contribution < -0.4 is 4.74 Å². The Morgan fingerprint density at radius 1 is 0.800 bits per heavy atom. The van der Waals surface area contributed by atoms with Crippen molar-refractivity contribution in [3.05, 3.63) is 64.7 Å². The van der Waals surface area contributed by atoms with Crippen LogP contribution in [-0.2, 0) is 0 Å². The van der Waals surface area contributed by atoms with Crippen LogP contribution in [0.1, 0.15) is 34.1 Å². The molecule has 0 saturated carbocycles. The lowest BCUT2D eigenvalue weighted by molar-refractivity contribution is 0.412. The third kappa shape index (κ3) is 1.51. The quantitative estimate of drug-likeness (QED) is 0.705. The molecule has 102 valence electrons. The zero-order valence-corrected chi connectivity index (χ0v) is 12.5. The average molecular weight is 305 g/mol. The number of rotatable bonds is 1. The molecule has 0 heterocycles. The number of alkyl halides is 2. The first-order valence-corrected chi connectivity index (χ1v) is 7.64.